The third kappa shape index (κ3) is 2.85. The highest BCUT2D eigenvalue weighted by Crippen LogP contribution is 2.28. The van der Waals surface area contributed by atoms with E-state index in [4.69, 9.17) is 19.3 Å². The smallest absolute Gasteiger partial charge is 0.330 e. The van der Waals surface area contributed by atoms with E-state index in [0.29, 0.717) is 13.2 Å². The van der Waals surface area contributed by atoms with Gasteiger partial charge in [-0.25, -0.2) is 4.79 Å². The average Bonchev–Trinajstić information content (AvgIpc) is 2.89. The van der Waals surface area contributed by atoms with Gasteiger partial charge >= 0.3 is 5.69 Å². The minimum absolute atomic E-state index is 0.142. The SMILES string of the molecule is O=c1[nH]c(=O)n([C@H]2C[C@H](O)[C@@H](CO)O2)cc1C1OCCCO1. The summed E-state index contributed by atoms with van der Waals surface area (Å²) in [6, 6.07) is 0. The molecule has 0 amide bonds. The minimum atomic E-state index is -0.876. The maximum atomic E-state index is 12.0. The Balaban J connectivity index is 1.91. The van der Waals surface area contributed by atoms with Crippen molar-refractivity contribution in [1.82, 2.24) is 9.55 Å². The van der Waals surface area contributed by atoms with Crippen LogP contribution in [0.1, 0.15) is 30.9 Å². The van der Waals surface area contributed by atoms with Crippen molar-refractivity contribution >= 4 is 0 Å². The lowest BCUT2D eigenvalue weighted by atomic mass is 10.2. The number of nitrogens with zero attached hydrogens (tertiary/aromatic N) is 1. The molecule has 0 saturated carbocycles. The van der Waals surface area contributed by atoms with Gasteiger partial charge in [0, 0.05) is 12.6 Å². The molecule has 0 aromatic carbocycles. The van der Waals surface area contributed by atoms with Gasteiger partial charge < -0.3 is 24.4 Å². The molecule has 9 heteroatoms. The Kier molecular flexibility index (Phi) is 4.41. The molecule has 0 bridgehead atoms. The molecular formula is C13H18N2O7. The van der Waals surface area contributed by atoms with Gasteiger partial charge in [-0.3, -0.25) is 14.3 Å². The lowest BCUT2D eigenvalue weighted by Crippen LogP contribution is -2.36. The fraction of sp³-hybridized carbons (Fsp3) is 0.692. The summed E-state index contributed by atoms with van der Waals surface area (Å²) in [5.41, 5.74) is -1.06. The highest BCUT2D eigenvalue weighted by atomic mass is 16.7. The van der Waals surface area contributed by atoms with Gasteiger partial charge in [0.25, 0.3) is 5.56 Å². The van der Waals surface area contributed by atoms with Crippen molar-refractivity contribution in [3.05, 3.63) is 32.6 Å². The number of aliphatic hydroxyl groups excluding tert-OH is 2. The molecule has 0 radical (unpaired) electrons. The van der Waals surface area contributed by atoms with Gasteiger partial charge in [0.05, 0.1) is 31.5 Å². The van der Waals surface area contributed by atoms with E-state index in [2.05, 4.69) is 4.98 Å². The topological polar surface area (TPSA) is 123 Å². The largest absolute Gasteiger partial charge is 0.394 e. The second-order valence-corrected chi connectivity index (χ2v) is 5.29. The monoisotopic (exact) mass is 314 g/mol. The number of rotatable bonds is 3. The summed E-state index contributed by atoms with van der Waals surface area (Å²) in [6.45, 7) is 0.584. The van der Waals surface area contributed by atoms with Crippen molar-refractivity contribution < 1.29 is 24.4 Å². The van der Waals surface area contributed by atoms with Crippen LogP contribution in [0.3, 0.4) is 0 Å². The van der Waals surface area contributed by atoms with Crippen LogP contribution in [0.5, 0.6) is 0 Å². The Bertz CT molecular complexity index is 634. The van der Waals surface area contributed by atoms with Crippen LogP contribution < -0.4 is 11.2 Å². The zero-order chi connectivity index (χ0) is 15.7. The molecule has 1 aromatic rings. The summed E-state index contributed by atoms with van der Waals surface area (Å²) in [5.74, 6) is 0. The Hall–Kier alpha value is -1.52. The van der Waals surface area contributed by atoms with E-state index in [1.54, 1.807) is 0 Å². The molecule has 1 aromatic heterocycles. The number of H-pyrrole nitrogens is 1. The summed E-state index contributed by atoms with van der Waals surface area (Å²) in [7, 11) is 0. The maximum absolute atomic E-state index is 12.0. The van der Waals surface area contributed by atoms with Crippen LogP contribution in [0.15, 0.2) is 15.8 Å². The fourth-order valence-corrected chi connectivity index (χ4v) is 2.60. The average molecular weight is 314 g/mol. The van der Waals surface area contributed by atoms with Crippen LogP contribution in [0.4, 0.5) is 0 Å². The first-order chi connectivity index (χ1) is 10.6. The van der Waals surface area contributed by atoms with Gasteiger partial charge in [-0.15, -0.1) is 0 Å². The second-order valence-electron chi connectivity index (χ2n) is 5.29. The summed E-state index contributed by atoms with van der Waals surface area (Å²) in [4.78, 5) is 26.1. The summed E-state index contributed by atoms with van der Waals surface area (Å²) >= 11 is 0. The molecule has 2 fully saturated rings. The zero-order valence-corrected chi connectivity index (χ0v) is 11.8. The molecule has 3 atom stereocenters. The third-order valence-electron chi connectivity index (χ3n) is 3.77. The molecular weight excluding hydrogens is 296 g/mol. The molecule has 0 spiro atoms. The number of hydrogen-bond donors (Lipinski definition) is 3. The number of ether oxygens (including phenoxy) is 3. The molecule has 3 heterocycles. The Labute approximate surface area is 125 Å². The van der Waals surface area contributed by atoms with Crippen LogP contribution in [0.2, 0.25) is 0 Å². The van der Waals surface area contributed by atoms with Crippen LogP contribution in [0.25, 0.3) is 0 Å². The molecule has 3 rings (SSSR count). The number of aromatic nitrogens is 2. The maximum Gasteiger partial charge on any atom is 0.330 e. The van der Waals surface area contributed by atoms with Gasteiger partial charge in [0.1, 0.15) is 12.3 Å². The third-order valence-corrected chi connectivity index (χ3v) is 3.77. The van der Waals surface area contributed by atoms with E-state index in [1.807, 2.05) is 0 Å². The summed E-state index contributed by atoms with van der Waals surface area (Å²) in [5, 5.41) is 18.9. The van der Waals surface area contributed by atoms with Crippen molar-refractivity contribution in [2.45, 2.75) is 37.6 Å². The summed E-state index contributed by atoms with van der Waals surface area (Å²) < 4.78 is 17.4. The zero-order valence-electron chi connectivity index (χ0n) is 11.8. The van der Waals surface area contributed by atoms with E-state index >= 15 is 0 Å². The van der Waals surface area contributed by atoms with Gasteiger partial charge in [-0.1, -0.05) is 0 Å². The summed E-state index contributed by atoms with van der Waals surface area (Å²) in [6.07, 6.45) is -1.02. The van der Waals surface area contributed by atoms with E-state index in [0.717, 1.165) is 6.42 Å². The van der Waals surface area contributed by atoms with Crippen molar-refractivity contribution in [2.24, 2.45) is 0 Å². The normalized spacial score (nSPS) is 29.8. The van der Waals surface area contributed by atoms with Gasteiger partial charge in [-0.05, 0) is 6.42 Å². The van der Waals surface area contributed by atoms with E-state index < -0.39 is 36.0 Å². The van der Waals surface area contributed by atoms with Gasteiger partial charge in [0.15, 0.2) is 6.29 Å². The molecule has 2 aliphatic heterocycles. The first-order valence-corrected chi connectivity index (χ1v) is 7.13. The van der Waals surface area contributed by atoms with Crippen LogP contribution in [0, 0.1) is 0 Å². The number of hydrogen-bond acceptors (Lipinski definition) is 7. The Morgan fingerprint density at radius 1 is 1.32 bits per heavy atom. The fourth-order valence-electron chi connectivity index (χ4n) is 2.60. The highest BCUT2D eigenvalue weighted by Gasteiger charge is 2.35. The van der Waals surface area contributed by atoms with Gasteiger partial charge in [-0.2, -0.15) is 0 Å². The predicted octanol–water partition coefficient (Wildman–Crippen LogP) is -1.39. The molecule has 3 N–H and O–H groups in total. The quantitative estimate of drug-likeness (QED) is 0.628. The van der Waals surface area contributed by atoms with E-state index in [9.17, 15) is 14.7 Å². The lowest BCUT2D eigenvalue weighted by Gasteiger charge is -2.23. The number of nitrogens with one attached hydrogen (secondary N) is 1. The second kappa shape index (κ2) is 6.31. The lowest BCUT2D eigenvalue weighted by molar-refractivity contribution is -0.184. The predicted molar refractivity (Wildman–Crippen MR) is 72.2 cm³/mol. The van der Waals surface area contributed by atoms with Crippen molar-refractivity contribution in [3.63, 3.8) is 0 Å². The highest BCUT2D eigenvalue weighted by molar-refractivity contribution is 5.07. The van der Waals surface area contributed by atoms with Crippen molar-refractivity contribution in [2.75, 3.05) is 19.8 Å². The molecule has 2 aliphatic rings. The van der Waals surface area contributed by atoms with E-state index in [1.165, 1.54) is 10.8 Å². The first-order valence-electron chi connectivity index (χ1n) is 7.13. The standard InChI is InChI=1S/C13H18N2O7/c16-6-9-8(17)4-10(22-9)15-5-7(11(18)14-13(15)19)12-20-2-1-3-21-12/h5,8-10,12,16-17H,1-4,6H2,(H,14,18,19)/t8-,9+,10+/m0/s1. The van der Waals surface area contributed by atoms with E-state index in [-0.39, 0.29) is 18.6 Å². The Morgan fingerprint density at radius 2 is 2.05 bits per heavy atom. The minimum Gasteiger partial charge on any atom is -0.394 e. The van der Waals surface area contributed by atoms with Crippen LogP contribution in [-0.4, -0.2) is 51.8 Å². The molecule has 0 aliphatic carbocycles. The molecule has 122 valence electrons. The molecule has 9 nitrogen and oxygen atoms in total. The number of aromatic amines is 1. The van der Waals surface area contributed by atoms with Crippen molar-refractivity contribution in [1.29, 1.82) is 0 Å². The number of aliphatic hydroxyl groups is 2. The van der Waals surface area contributed by atoms with Crippen LogP contribution in [-0.2, 0) is 14.2 Å². The molecule has 0 unspecified atom stereocenters. The molecule has 22 heavy (non-hydrogen) atoms. The van der Waals surface area contributed by atoms with Crippen LogP contribution >= 0.6 is 0 Å². The first kappa shape index (κ1) is 15.4. The van der Waals surface area contributed by atoms with Crippen molar-refractivity contribution in [3.8, 4) is 0 Å². The van der Waals surface area contributed by atoms with Gasteiger partial charge in [0.2, 0.25) is 0 Å². The Morgan fingerprint density at radius 3 is 2.68 bits per heavy atom. The molecule has 2 saturated heterocycles.